The molecule has 0 unspecified atom stereocenters. The van der Waals surface area contributed by atoms with E-state index in [0.717, 1.165) is 11.4 Å². The Morgan fingerprint density at radius 2 is 2.21 bits per heavy atom. The van der Waals surface area contributed by atoms with Gasteiger partial charge in [-0.15, -0.1) is 0 Å². The van der Waals surface area contributed by atoms with Crippen molar-refractivity contribution in [3.8, 4) is 0 Å². The molecule has 2 heterocycles. The summed E-state index contributed by atoms with van der Waals surface area (Å²) >= 11 is 0. The van der Waals surface area contributed by atoms with Gasteiger partial charge in [0.25, 0.3) is 5.91 Å². The molecule has 0 aliphatic rings. The molecule has 0 aliphatic carbocycles. The number of rotatable bonds is 3. The number of amides is 1. The fraction of sp³-hybridized carbons (Fsp3) is 0.286. The molecule has 0 bridgehead atoms. The number of anilines is 1. The van der Waals surface area contributed by atoms with Gasteiger partial charge < -0.3 is 15.2 Å². The molecule has 5 heteroatoms. The van der Waals surface area contributed by atoms with Crippen molar-refractivity contribution in [2.45, 2.75) is 13.5 Å². The van der Waals surface area contributed by atoms with Crippen LogP contribution < -0.4 is 5.73 Å². The van der Waals surface area contributed by atoms with E-state index in [-0.39, 0.29) is 5.91 Å². The van der Waals surface area contributed by atoms with Crippen molar-refractivity contribution in [3.05, 3.63) is 47.5 Å². The Labute approximate surface area is 112 Å². The van der Waals surface area contributed by atoms with E-state index in [9.17, 15) is 4.79 Å². The maximum Gasteiger partial charge on any atom is 0.270 e. The predicted octanol–water partition coefficient (Wildman–Crippen LogP) is 1.58. The molecule has 0 atom stereocenters. The highest BCUT2D eigenvalue weighted by molar-refractivity contribution is 5.93. The van der Waals surface area contributed by atoms with Gasteiger partial charge in [-0.2, -0.15) is 0 Å². The minimum atomic E-state index is -0.0671. The van der Waals surface area contributed by atoms with E-state index in [4.69, 9.17) is 5.73 Å². The summed E-state index contributed by atoms with van der Waals surface area (Å²) in [5.74, 6) is -0.0671. The van der Waals surface area contributed by atoms with Crippen LogP contribution in [0.5, 0.6) is 0 Å². The average molecular weight is 258 g/mol. The van der Waals surface area contributed by atoms with Crippen molar-refractivity contribution < 1.29 is 4.79 Å². The summed E-state index contributed by atoms with van der Waals surface area (Å²) in [6.45, 7) is 2.41. The predicted molar refractivity (Wildman–Crippen MR) is 74.6 cm³/mol. The molecule has 0 fully saturated rings. The van der Waals surface area contributed by atoms with Crippen molar-refractivity contribution in [1.29, 1.82) is 0 Å². The molecule has 1 amide bonds. The third kappa shape index (κ3) is 2.93. The number of nitrogens with zero attached hydrogens (tertiary/aromatic N) is 3. The van der Waals surface area contributed by atoms with Crippen LogP contribution in [0.15, 0.2) is 30.5 Å². The molecule has 2 aromatic rings. The Bertz CT molecular complexity index is 603. The third-order valence-electron chi connectivity index (χ3n) is 2.94. The van der Waals surface area contributed by atoms with Gasteiger partial charge in [0.1, 0.15) is 5.69 Å². The van der Waals surface area contributed by atoms with E-state index in [1.54, 1.807) is 28.8 Å². The number of hydrogen-bond acceptors (Lipinski definition) is 3. The van der Waals surface area contributed by atoms with Crippen LogP contribution in [-0.4, -0.2) is 27.4 Å². The van der Waals surface area contributed by atoms with Gasteiger partial charge in [0.2, 0.25) is 0 Å². The standard InChI is InChI=1S/C14H18N4O/c1-10-5-4-6-12(16-10)9-18(3)14(19)13-7-11(15)8-17(13)2/h4-8H,9,15H2,1-3H3. The molecule has 2 rings (SSSR count). The van der Waals surface area contributed by atoms with Gasteiger partial charge in [0.05, 0.1) is 17.9 Å². The summed E-state index contributed by atoms with van der Waals surface area (Å²) in [5.41, 5.74) is 8.67. The van der Waals surface area contributed by atoms with Crippen LogP contribution in [-0.2, 0) is 13.6 Å². The summed E-state index contributed by atoms with van der Waals surface area (Å²) in [6.07, 6.45) is 1.73. The van der Waals surface area contributed by atoms with E-state index in [1.807, 2.05) is 32.2 Å². The largest absolute Gasteiger partial charge is 0.397 e. The zero-order chi connectivity index (χ0) is 14.0. The van der Waals surface area contributed by atoms with Crippen molar-refractivity contribution in [2.24, 2.45) is 7.05 Å². The lowest BCUT2D eigenvalue weighted by Gasteiger charge is -2.17. The van der Waals surface area contributed by atoms with Crippen LogP contribution in [0.4, 0.5) is 5.69 Å². The molecule has 0 radical (unpaired) electrons. The first-order valence-corrected chi connectivity index (χ1v) is 6.07. The van der Waals surface area contributed by atoms with E-state index < -0.39 is 0 Å². The zero-order valence-corrected chi connectivity index (χ0v) is 11.4. The summed E-state index contributed by atoms with van der Waals surface area (Å²) in [4.78, 5) is 18.3. The highest BCUT2D eigenvalue weighted by Gasteiger charge is 2.16. The van der Waals surface area contributed by atoms with E-state index in [1.165, 1.54) is 0 Å². The fourth-order valence-corrected chi connectivity index (χ4v) is 2.00. The Morgan fingerprint density at radius 1 is 1.47 bits per heavy atom. The van der Waals surface area contributed by atoms with Crippen LogP contribution in [0, 0.1) is 6.92 Å². The van der Waals surface area contributed by atoms with E-state index >= 15 is 0 Å². The van der Waals surface area contributed by atoms with Crippen molar-refractivity contribution in [1.82, 2.24) is 14.5 Å². The van der Waals surface area contributed by atoms with Crippen molar-refractivity contribution >= 4 is 11.6 Å². The van der Waals surface area contributed by atoms with Gasteiger partial charge in [-0.1, -0.05) is 6.07 Å². The minimum Gasteiger partial charge on any atom is -0.397 e. The normalized spacial score (nSPS) is 10.5. The molecule has 19 heavy (non-hydrogen) atoms. The lowest BCUT2D eigenvalue weighted by Crippen LogP contribution is -2.28. The molecule has 2 aromatic heterocycles. The molecule has 0 spiro atoms. The number of nitrogen functional groups attached to an aromatic ring is 1. The molecule has 2 N–H and O–H groups in total. The number of pyridine rings is 1. The Morgan fingerprint density at radius 3 is 2.79 bits per heavy atom. The molecule has 5 nitrogen and oxygen atoms in total. The quantitative estimate of drug-likeness (QED) is 0.909. The van der Waals surface area contributed by atoms with Gasteiger partial charge in [0.15, 0.2) is 0 Å². The highest BCUT2D eigenvalue weighted by atomic mass is 16.2. The topological polar surface area (TPSA) is 64.2 Å². The SMILES string of the molecule is Cc1cccc(CN(C)C(=O)c2cc(N)cn2C)n1. The summed E-state index contributed by atoms with van der Waals surface area (Å²) in [6, 6.07) is 7.47. The molecule has 0 saturated heterocycles. The number of nitrogens with two attached hydrogens (primary N) is 1. The number of hydrogen-bond donors (Lipinski definition) is 1. The Hall–Kier alpha value is -2.30. The Kier molecular flexibility index (Phi) is 3.55. The van der Waals surface area contributed by atoms with Crippen LogP contribution in [0.25, 0.3) is 0 Å². The van der Waals surface area contributed by atoms with Crippen LogP contribution in [0.2, 0.25) is 0 Å². The molecular weight excluding hydrogens is 240 g/mol. The second kappa shape index (κ2) is 5.14. The second-order valence-corrected chi connectivity index (χ2v) is 4.70. The van der Waals surface area contributed by atoms with Crippen molar-refractivity contribution in [2.75, 3.05) is 12.8 Å². The van der Waals surface area contributed by atoms with E-state index in [0.29, 0.717) is 17.9 Å². The number of carbonyl (C=O) groups excluding carboxylic acids is 1. The molecule has 0 saturated carbocycles. The zero-order valence-electron chi connectivity index (χ0n) is 11.4. The molecular formula is C14H18N4O. The Balaban J connectivity index is 2.14. The highest BCUT2D eigenvalue weighted by Crippen LogP contribution is 2.12. The lowest BCUT2D eigenvalue weighted by molar-refractivity contribution is 0.0774. The maximum atomic E-state index is 12.3. The second-order valence-electron chi connectivity index (χ2n) is 4.70. The molecule has 100 valence electrons. The van der Waals surface area contributed by atoms with Crippen molar-refractivity contribution in [3.63, 3.8) is 0 Å². The van der Waals surface area contributed by atoms with Crippen LogP contribution in [0.3, 0.4) is 0 Å². The minimum absolute atomic E-state index is 0.0671. The van der Waals surface area contributed by atoms with Gasteiger partial charge in [-0.3, -0.25) is 9.78 Å². The molecule has 0 aromatic carbocycles. The van der Waals surface area contributed by atoms with Gasteiger partial charge in [-0.25, -0.2) is 0 Å². The first-order chi connectivity index (χ1) is 8.97. The summed E-state index contributed by atoms with van der Waals surface area (Å²) in [5, 5.41) is 0. The summed E-state index contributed by atoms with van der Waals surface area (Å²) < 4.78 is 1.73. The first-order valence-electron chi connectivity index (χ1n) is 6.07. The van der Waals surface area contributed by atoms with E-state index in [2.05, 4.69) is 4.98 Å². The van der Waals surface area contributed by atoms with Gasteiger partial charge in [0, 0.05) is 26.0 Å². The smallest absolute Gasteiger partial charge is 0.270 e. The lowest BCUT2D eigenvalue weighted by atomic mass is 10.3. The monoisotopic (exact) mass is 258 g/mol. The summed E-state index contributed by atoms with van der Waals surface area (Å²) in [7, 11) is 3.57. The van der Waals surface area contributed by atoms with Gasteiger partial charge >= 0.3 is 0 Å². The number of aromatic nitrogens is 2. The first kappa shape index (κ1) is 13.1. The van der Waals surface area contributed by atoms with Crippen LogP contribution in [0.1, 0.15) is 21.9 Å². The maximum absolute atomic E-state index is 12.3. The number of carbonyl (C=O) groups is 1. The number of aryl methyl sites for hydroxylation is 2. The average Bonchev–Trinajstić information content (AvgIpc) is 2.67. The fourth-order valence-electron chi connectivity index (χ4n) is 2.00. The van der Waals surface area contributed by atoms with Crippen LogP contribution >= 0.6 is 0 Å². The third-order valence-corrected chi connectivity index (χ3v) is 2.94. The van der Waals surface area contributed by atoms with Gasteiger partial charge in [-0.05, 0) is 25.1 Å². The molecule has 0 aliphatic heterocycles.